The normalized spacial score (nSPS) is 11.1. The van der Waals surface area contributed by atoms with Gasteiger partial charge in [-0.25, -0.2) is 0 Å². The van der Waals surface area contributed by atoms with E-state index in [1.807, 2.05) is 6.07 Å². The Bertz CT molecular complexity index is 404. The van der Waals surface area contributed by atoms with Crippen molar-refractivity contribution in [3.05, 3.63) is 28.8 Å². The standard InChI is InChI=1S/C18H31ClN2/c1-5-7-8-12-21(15(3)4)18-13-17(19)10-9-16(18)14-20-11-6-2/h9-10,13,15,20H,5-8,11-12,14H2,1-4H3. The van der Waals surface area contributed by atoms with Crippen LogP contribution in [-0.2, 0) is 6.54 Å². The Morgan fingerprint density at radius 1 is 1.14 bits per heavy atom. The molecule has 21 heavy (non-hydrogen) atoms. The molecule has 1 rings (SSSR count). The van der Waals surface area contributed by atoms with Crippen LogP contribution in [0, 0.1) is 0 Å². The van der Waals surface area contributed by atoms with Crippen molar-refractivity contribution < 1.29 is 0 Å². The van der Waals surface area contributed by atoms with Gasteiger partial charge in [0.2, 0.25) is 0 Å². The van der Waals surface area contributed by atoms with Gasteiger partial charge in [0, 0.05) is 29.8 Å². The van der Waals surface area contributed by atoms with E-state index in [2.05, 4.69) is 50.0 Å². The Hall–Kier alpha value is -0.730. The SMILES string of the molecule is CCCCCN(c1cc(Cl)ccc1CNCCC)C(C)C. The molecule has 0 heterocycles. The highest BCUT2D eigenvalue weighted by Crippen LogP contribution is 2.27. The highest BCUT2D eigenvalue weighted by atomic mass is 35.5. The third-order valence-electron chi connectivity index (χ3n) is 3.72. The fourth-order valence-electron chi connectivity index (χ4n) is 2.54. The van der Waals surface area contributed by atoms with Crippen molar-refractivity contribution in [2.45, 2.75) is 66.0 Å². The molecule has 0 aliphatic rings. The van der Waals surface area contributed by atoms with Crippen LogP contribution in [0.3, 0.4) is 0 Å². The number of benzene rings is 1. The Kier molecular flexibility index (Phi) is 8.79. The molecule has 0 saturated carbocycles. The maximum Gasteiger partial charge on any atom is 0.0429 e. The van der Waals surface area contributed by atoms with Gasteiger partial charge < -0.3 is 10.2 Å². The fourth-order valence-corrected chi connectivity index (χ4v) is 2.71. The van der Waals surface area contributed by atoms with Crippen molar-refractivity contribution in [3.63, 3.8) is 0 Å². The Morgan fingerprint density at radius 2 is 1.90 bits per heavy atom. The molecule has 0 aliphatic carbocycles. The first-order valence-corrected chi connectivity index (χ1v) is 8.73. The van der Waals surface area contributed by atoms with Crippen LogP contribution in [0.5, 0.6) is 0 Å². The molecule has 0 atom stereocenters. The van der Waals surface area contributed by atoms with Crippen LogP contribution in [0.25, 0.3) is 0 Å². The van der Waals surface area contributed by atoms with Crippen LogP contribution >= 0.6 is 11.6 Å². The molecule has 1 aromatic rings. The summed E-state index contributed by atoms with van der Waals surface area (Å²) in [6.07, 6.45) is 4.94. The minimum absolute atomic E-state index is 0.491. The van der Waals surface area contributed by atoms with Crippen molar-refractivity contribution in [2.75, 3.05) is 18.0 Å². The van der Waals surface area contributed by atoms with E-state index in [0.29, 0.717) is 6.04 Å². The summed E-state index contributed by atoms with van der Waals surface area (Å²) in [6, 6.07) is 6.77. The van der Waals surface area contributed by atoms with E-state index in [1.54, 1.807) is 0 Å². The minimum Gasteiger partial charge on any atom is -0.369 e. The average Bonchev–Trinajstić information content (AvgIpc) is 2.45. The van der Waals surface area contributed by atoms with E-state index >= 15 is 0 Å². The number of nitrogens with one attached hydrogen (secondary N) is 1. The van der Waals surface area contributed by atoms with Gasteiger partial charge in [-0.05, 0) is 50.9 Å². The zero-order valence-electron chi connectivity index (χ0n) is 14.1. The molecule has 1 N–H and O–H groups in total. The number of nitrogens with zero attached hydrogens (tertiary/aromatic N) is 1. The van der Waals surface area contributed by atoms with Crippen LogP contribution < -0.4 is 10.2 Å². The smallest absolute Gasteiger partial charge is 0.0429 e. The maximum atomic E-state index is 6.24. The third-order valence-corrected chi connectivity index (χ3v) is 3.96. The highest BCUT2D eigenvalue weighted by molar-refractivity contribution is 6.30. The summed E-state index contributed by atoms with van der Waals surface area (Å²) in [4.78, 5) is 2.49. The van der Waals surface area contributed by atoms with Crippen LogP contribution in [0.2, 0.25) is 5.02 Å². The third kappa shape index (κ3) is 6.27. The van der Waals surface area contributed by atoms with Gasteiger partial charge in [0.15, 0.2) is 0 Å². The van der Waals surface area contributed by atoms with Crippen LogP contribution in [0.1, 0.15) is 58.9 Å². The van der Waals surface area contributed by atoms with E-state index in [0.717, 1.165) is 31.1 Å². The number of rotatable bonds is 10. The molecule has 0 spiro atoms. The molecule has 0 amide bonds. The molecule has 0 aliphatic heterocycles. The predicted molar refractivity (Wildman–Crippen MR) is 95.5 cm³/mol. The molecular formula is C18H31ClN2. The number of hydrogen-bond donors (Lipinski definition) is 1. The van der Waals surface area contributed by atoms with Gasteiger partial charge in [0.05, 0.1) is 0 Å². The number of anilines is 1. The predicted octanol–water partition coefficient (Wildman–Crippen LogP) is 5.24. The Morgan fingerprint density at radius 3 is 2.52 bits per heavy atom. The monoisotopic (exact) mass is 310 g/mol. The first-order valence-electron chi connectivity index (χ1n) is 8.35. The van der Waals surface area contributed by atoms with E-state index in [4.69, 9.17) is 11.6 Å². The lowest BCUT2D eigenvalue weighted by Gasteiger charge is -2.31. The van der Waals surface area contributed by atoms with Gasteiger partial charge in [-0.3, -0.25) is 0 Å². The average molecular weight is 311 g/mol. The van der Waals surface area contributed by atoms with Crippen molar-refractivity contribution in [2.24, 2.45) is 0 Å². The van der Waals surface area contributed by atoms with Gasteiger partial charge in [-0.15, -0.1) is 0 Å². The highest BCUT2D eigenvalue weighted by Gasteiger charge is 2.14. The zero-order valence-corrected chi connectivity index (χ0v) is 14.8. The van der Waals surface area contributed by atoms with Gasteiger partial charge >= 0.3 is 0 Å². The lowest BCUT2D eigenvalue weighted by molar-refractivity contribution is 0.618. The summed E-state index contributed by atoms with van der Waals surface area (Å²) in [5.74, 6) is 0. The quantitative estimate of drug-likeness (QED) is 0.594. The summed E-state index contributed by atoms with van der Waals surface area (Å²) in [5.41, 5.74) is 2.63. The summed E-state index contributed by atoms with van der Waals surface area (Å²) < 4.78 is 0. The lowest BCUT2D eigenvalue weighted by Crippen LogP contribution is -2.33. The molecular weight excluding hydrogens is 280 g/mol. The molecule has 120 valence electrons. The molecule has 0 aromatic heterocycles. The summed E-state index contributed by atoms with van der Waals surface area (Å²) in [5, 5.41) is 4.33. The molecule has 0 radical (unpaired) electrons. The zero-order chi connectivity index (χ0) is 15.7. The molecule has 0 unspecified atom stereocenters. The first kappa shape index (κ1) is 18.3. The topological polar surface area (TPSA) is 15.3 Å². The van der Waals surface area contributed by atoms with E-state index in [1.165, 1.54) is 30.5 Å². The minimum atomic E-state index is 0.491. The van der Waals surface area contributed by atoms with E-state index in [-0.39, 0.29) is 0 Å². The second-order valence-corrected chi connectivity index (χ2v) is 6.38. The maximum absolute atomic E-state index is 6.24. The second kappa shape index (κ2) is 10.1. The van der Waals surface area contributed by atoms with Crippen molar-refractivity contribution >= 4 is 17.3 Å². The van der Waals surface area contributed by atoms with E-state index < -0.39 is 0 Å². The summed E-state index contributed by atoms with van der Waals surface area (Å²) >= 11 is 6.24. The number of unbranched alkanes of at least 4 members (excludes halogenated alkanes) is 2. The van der Waals surface area contributed by atoms with Crippen molar-refractivity contribution in [1.82, 2.24) is 5.32 Å². The van der Waals surface area contributed by atoms with E-state index in [9.17, 15) is 0 Å². The molecule has 0 fully saturated rings. The van der Waals surface area contributed by atoms with Gasteiger partial charge in [0.1, 0.15) is 0 Å². The largest absolute Gasteiger partial charge is 0.369 e. The number of hydrogen-bond acceptors (Lipinski definition) is 2. The van der Waals surface area contributed by atoms with Crippen LogP contribution in [0.15, 0.2) is 18.2 Å². The fraction of sp³-hybridized carbons (Fsp3) is 0.667. The van der Waals surface area contributed by atoms with Gasteiger partial charge in [0.25, 0.3) is 0 Å². The molecule has 0 bridgehead atoms. The van der Waals surface area contributed by atoms with Crippen molar-refractivity contribution in [3.8, 4) is 0 Å². The van der Waals surface area contributed by atoms with Crippen LogP contribution in [-0.4, -0.2) is 19.1 Å². The molecule has 0 saturated heterocycles. The first-order chi connectivity index (χ1) is 10.1. The van der Waals surface area contributed by atoms with Crippen molar-refractivity contribution in [1.29, 1.82) is 0 Å². The number of halogens is 1. The summed E-state index contributed by atoms with van der Waals surface area (Å²) in [6.45, 7) is 12.0. The molecule has 1 aromatic carbocycles. The summed E-state index contributed by atoms with van der Waals surface area (Å²) in [7, 11) is 0. The van der Waals surface area contributed by atoms with Gasteiger partial charge in [-0.1, -0.05) is 44.4 Å². The lowest BCUT2D eigenvalue weighted by atomic mass is 10.1. The molecule has 3 heteroatoms. The second-order valence-electron chi connectivity index (χ2n) is 5.94. The van der Waals surface area contributed by atoms with Crippen LogP contribution in [0.4, 0.5) is 5.69 Å². The Balaban J connectivity index is 2.90. The molecule has 2 nitrogen and oxygen atoms in total. The Labute approximate surface area is 135 Å². The van der Waals surface area contributed by atoms with Gasteiger partial charge in [-0.2, -0.15) is 0 Å².